The minimum atomic E-state index is -1.92. The lowest BCUT2D eigenvalue weighted by atomic mass is 10.00. The summed E-state index contributed by atoms with van der Waals surface area (Å²) >= 11 is 0. The van der Waals surface area contributed by atoms with Crippen LogP contribution in [0, 0.1) is 17.7 Å². The van der Waals surface area contributed by atoms with Crippen molar-refractivity contribution in [1.82, 2.24) is 25.3 Å². The monoisotopic (exact) mass is 660 g/mol. The molecule has 5 amide bonds. The Labute approximate surface area is 273 Å². The van der Waals surface area contributed by atoms with E-state index in [1.54, 1.807) is 37.0 Å². The zero-order chi connectivity index (χ0) is 33.7. The lowest BCUT2D eigenvalue weighted by molar-refractivity contribution is -0.140. The van der Waals surface area contributed by atoms with Crippen molar-refractivity contribution in [3.63, 3.8) is 0 Å². The first-order valence-electron chi connectivity index (χ1n) is 16.6. The second kappa shape index (κ2) is 15.0. The summed E-state index contributed by atoms with van der Waals surface area (Å²) in [5.74, 6) is -0.824. The number of carbonyl (C=O) groups is 5. The van der Waals surface area contributed by atoms with Gasteiger partial charge in [-0.15, -0.1) is 0 Å². The largest absolute Gasteiger partial charge is 0.453 e. The molecule has 0 aromatic heterocycles. The van der Waals surface area contributed by atoms with E-state index in [1.165, 1.54) is 36.0 Å². The van der Waals surface area contributed by atoms with Gasteiger partial charge >= 0.3 is 6.09 Å². The molecule has 2 atom stereocenters. The highest BCUT2D eigenvalue weighted by Gasteiger charge is 2.50. The third kappa shape index (κ3) is 9.61. The molecule has 14 heteroatoms. The molecule has 0 radical (unpaired) electrons. The molecular formula is C33H46F2N6O6. The quantitative estimate of drug-likeness (QED) is 0.331. The highest BCUT2D eigenvalue weighted by Crippen LogP contribution is 2.44. The number of likely N-dealkylation sites (tertiary alicyclic amines) is 1. The van der Waals surface area contributed by atoms with E-state index in [1.807, 2.05) is 7.05 Å². The number of likely N-dealkylation sites (N-methyl/N-ethyl adjacent to an activating group) is 1. The lowest BCUT2D eigenvalue weighted by Gasteiger charge is -2.39. The maximum absolute atomic E-state index is 14.9. The Hall–Kier alpha value is -3.81. The van der Waals surface area contributed by atoms with Crippen LogP contribution in [-0.4, -0.2) is 116 Å². The number of methoxy groups -OCH3 is 1. The topological polar surface area (TPSA) is 140 Å². The average Bonchev–Trinajstić information content (AvgIpc) is 3.90. The maximum Gasteiger partial charge on any atom is 0.410 e. The fourth-order valence-corrected chi connectivity index (χ4v) is 5.76. The van der Waals surface area contributed by atoms with Crippen molar-refractivity contribution in [2.24, 2.45) is 11.8 Å². The summed E-state index contributed by atoms with van der Waals surface area (Å²) in [6, 6.07) is 2.19. The number of rotatable bonds is 11. The minimum absolute atomic E-state index is 0.0261. The molecule has 5 aliphatic rings. The van der Waals surface area contributed by atoms with Crippen LogP contribution in [0.25, 0.3) is 0 Å². The van der Waals surface area contributed by atoms with Gasteiger partial charge in [0.05, 0.1) is 19.3 Å². The predicted octanol–water partition coefficient (Wildman–Crippen LogP) is 2.22. The Bertz CT molecular complexity index is 1330. The third-order valence-electron chi connectivity index (χ3n) is 9.47. The normalized spacial score (nSPS) is 22.1. The van der Waals surface area contributed by atoms with E-state index in [2.05, 4.69) is 20.9 Å². The van der Waals surface area contributed by atoms with Crippen molar-refractivity contribution in [3.05, 3.63) is 29.6 Å². The molecule has 2 heterocycles. The number of ether oxygens (including phenoxy) is 1. The molecule has 47 heavy (non-hydrogen) atoms. The first-order valence-corrected chi connectivity index (χ1v) is 16.6. The number of hydrogen-bond acceptors (Lipinski definition) is 7. The maximum atomic E-state index is 14.9. The van der Waals surface area contributed by atoms with Crippen LogP contribution in [0.2, 0.25) is 0 Å². The molecule has 3 saturated carbocycles. The molecule has 258 valence electrons. The number of alkyl halides is 1. The van der Waals surface area contributed by atoms with Crippen molar-refractivity contribution in [2.75, 3.05) is 58.7 Å². The van der Waals surface area contributed by atoms with E-state index in [-0.39, 0.29) is 30.9 Å². The first-order chi connectivity index (χ1) is 22.5. The molecular weight excluding hydrogens is 614 g/mol. The van der Waals surface area contributed by atoms with E-state index in [0.29, 0.717) is 44.7 Å². The number of halogens is 2. The number of nitrogens with zero attached hydrogens (tertiary/aromatic N) is 3. The number of hydrogen-bond donors (Lipinski definition) is 3. The summed E-state index contributed by atoms with van der Waals surface area (Å²) in [6.45, 7) is 2.13. The van der Waals surface area contributed by atoms with E-state index >= 15 is 0 Å². The molecule has 3 aliphatic carbocycles. The van der Waals surface area contributed by atoms with Crippen molar-refractivity contribution in [1.29, 1.82) is 0 Å². The van der Waals surface area contributed by atoms with Crippen LogP contribution in [0.15, 0.2) is 18.2 Å². The van der Waals surface area contributed by atoms with Gasteiger partial charge in [-0.2, -0.15) is 0 Å². The Morgan fingerprint density at radius 2 is 1.64 bits per heavy atom. The number of amides is 5. The van der Waals surface area contributed by atoms with Gasteiger partial charge in [-0.1, -0.05) is 31.7 Å². The van der Waals surface area contributed by atoms with Gasteiger partial charge in [-0.3, -0.25) is 24.1 Å². The molecule has 1 aromatic rings. The highest BCUT2D eigenvalue weighted by molar-refractivity contribution is 5.97. The second-order valence-corrected chi connectivity index (χ2v) is 13.5. The zero-order valence-corrected chi connectivity index (χ0v) is 27.2. The first kappa shape index (κ1) is 34.5. The van der Waals surface area contributed by atoms with Crippen molar-refractivity contribution in [3.8, 4) is 0 Å². The molecule has 2 saturated heterocycles. The average molecular weight is 661 g/mol. The molecule has 5 fully saturated rings. The van der Waals surface area contributed by atoms with Crippen LogP contribution in [0.3, 0.4) is 0 Å². The van der Waals surface area contributed by atoms with E-state index < -0.39 is 53.9 Å². The molecule has 3 N–H and O–H groups in total. The van der Waals surface area contributed by atoms with Gasteiger partial charge in [0.1, 0.15) is 17.9 Å². The zero-order valence-electron chi connectivity index (χ0n) is 27.2. The SMILES string of the molecule is C1CC1CC1CC1.COC(=O)N1CCC1C(=O)NC(Cc1ccc(NC(=O)CNC(=O)C2(F)CC2)c(F)c1)C(=O)N1CCN(C)CC1. The number of piperazine rings is 1. The molecule has 12 nitrogen and oxygen atoms in total. The van der Waals surface area contributed by atoms with Crippen LogP contribution in [0.4, 0.5) is 19.3 Å². The van der Waals surface area contributed by atoms with E-state index in [4.69, 9.17) is 4.74 Å². The molecule has 6 rings (SSSR count). The van der Waals surface area contributed by atoms with Crippen molar-refractivity contribution in [2.45, 2.75) is 75.5 Å². The minimum Gasteiger partial charge on any atom is -0.453 e. The standard InChI is InChI=1S/C26H34F2N6O6.C7H12/c1-32-9-11-33(12-10-32)23(37)19(31-22(36)20-5-8-34(20)25(39)40-2)14-16-3-4-18(17(27)13-16)30-21(35)15-29-24(38)26(28)6-7-26;1-2-6(1)5-7-3-4-7/h3-4,13,19-20H,5-12,14-15H2,1-2H3,(H,29,38)(H,30,35)(H,31,36);6-7H,1-5H2. The van der Waals surface area contributed by atoms with Gasteiger partial charge in [0.15, 0.2) is 5.67 Å². The van der Waals surface area contributed by atoms with E-state index in [9.17, 15) is 32.8 Å². The smallest absolute Gasteiger partial charge is 0.410 e. The lowest BCUT2D eigenvalue weighted by Crippen LogP contribution is -2.62. The van der Waals surface area contributed by atoms with Gasteiger partial charge in [0.25, 0.3) is 5.91 Å². The third-order valence-corrected chi connectivity index (χ3v) is 9.47. The Kier molecular flexibility index (Phi) is 11.0. The van der Waals surface area contributed by atoms with Gasteiger partial charge in [-0.25, -0.2) is 13.6 Å². The second-order valence-electron chi connectivity index (χ2n) is 13.5. The van der Waals surface area contributed by atoms with Gasteiger partial charge < -0.3 is 30.5 Å². The number of carbonyl (C=O) groups excluding carboxylic acids is 5. The highest BCUT2D eigenvalue weighted by atomic mass is 19.1. The van der Waals surface area contributed by atoms with Crippen LogP contribution in [-0.2, 0) is 30.3 Å². The Morgan fingerprint density at radius 3 is 2.17 bits per heavy atom. The summed E-state index contributed by atoms with van der Waals surface area (Å²) in [6.07, 6.45) is 7.77. The van der Waals surface area contributed by atoms with Crippen LogP contribution in [0.5, 0.6) is 0 Å². The molecule has 0 spiro atoms. The number of benzene rings is 1. The predicted molar refractivity (Wildman–Crippen MR) is 168 cm³/mol. The summed E-state index contributed by atoms with van der Waals surface area (Å²) < 4.78 is 33.3. The van der Waals surface area contributed by atoms with Crippen LogP contribution in [0.1, 0.15) is 56.9 Å². The summed E-state index contributed by atoms with van der Waals surface area (Å²) in [5.41, 5.74) is -1.68. The van der Waals surface area contributed by atoms with Gasteiger partial charge in [0.2, 0.25) is 17.7 Å². The molecule has 2 aliphatic heterocycles. The fraction of sp³-hybridized carbons (Fsp3) is 0.667. The van der Waals surface area contributed by atoms with E-state index in [0.717, 1.165) is 6.07 Å². The number of anilines is 1. The van der Waals surface area contributed by atoms with Gasteiger partial charge in [0, 0.05) is 39.1 Å². The van der Waals surface area contributed by atoms with Crippen molar-refractivity contribution < 1.29 is 37.5 Å². The Morgan fingerprint density at radius 1 is 0.979 bits per heavy atom. The van der Waals surface area contributed by atoms with Crippen molar-refractivity contribution >= 4 is 35.4 Å². The summed E-state index contributed by atoms with van der Waals surface area (Å²) in [4.78, 5) is 67.1. The summed E-state index contributed by atoms with van der Waals surface area (Å²) in [7, 11) is 3.17. The van der Waals surface area contributed by atoms with Crippen LogP contribution >= 0.6 is 0 Å². The Balaban J connectivity index is 0.000000539. The van der Waals surface area contributed by atoms with Crippen LogP contribution < -0.4 is 16.0 Å². The summed E-state index contributed by atoms with van der Waals surface area (Å²) in [5, 5.41) is 7.26. The molecule has 1 aromatic carbocycles. The fourth-order valence-electron chi connectivity index (χ4n) is 5.76. The molecule has 0 bridgehead atoms. The van der Waals surface area contributed by atoms with Gasteiger partial charge in [-0.05, 0) is 62.3 Å². The number of nitrogens with one attached hydrogen (secondary N) is 3. The molecule has 2 unspecified atom stereocenters.